The molecule has 2 rings (SSSR count). The van der Waals surface area contributed by atoms with E-state index in [9.17, 15) is 4.79 Å². The Morgan fingerprint density at radius 2 is 2.00 bits per heavy atom. The summed E-state index contributed by atoms with van der Waals surface area (Å²) in [6.07, 6.45) is 1.38. The lowest BCUT2D eigenvalue weighted by Gasteiger charge is -2.36. The van der Waals surface area contributed by atoms with Gasteiger partial charge in [0, 0.05) is 36.9 Å². The van der Waals surface area contributed by atoms with Crippen molar-refractivity contribution in [2.75, 3.05) is 31.1 Å². The minimum Gasteiger partial charge on any atom is -0.368 e. The van der Waals surface area contributed by atoms with Crippen LogP contribution in [-0.4, -0.2) is 37.0 Å². The molecule has 3 nitrogen and oxygen atoms in total. The number of nitrogens with zero attached hydrogens (tertiary/aromatic N) is 2. The van der Waals surface area contributed by atoms with Gasteiger partial charge in [-0.15, -0.1) is 0 Å². The van der Waals surface area contributed by atoms with E-state index in [2.05, 4.69) is 17.5 Å². The lowest BCUT2D eigenvalue weighted by molar-refractivity contribution is -0.126. The molecule has 96 valence electrons. The van der Waals surface area contributed by atoms with Crippen molar-refractivity contribution in [1.82, 2.24) is 4.90 Å². The van der Waals surface area contributed by atoms with Crippen LogP contribution in [0.1, 0.15) is 5.56 Å². The lowest BCUT2D eigenvalue weighted by Crippen LogP contribution is -2.48. The van der Waals surface area contributed by atoms with Crippen LogP contribution in [0.25, 0.3) is 0 Å². The van der Waals surface area contributed by atoms with E-state index in [4.69, 9.17) is 11.6 Å². The molecular weight excluding hydrogens is 248 g/mol. The van der Waals surface area contributed by atoms with Crippen molar-refractivity contribution >= 4 is 23.2 Å². The molecule has 0 N–H and O–H groups in total. The summed E-state index contributed by atoms with van der Waals surface area (Å²) in [5, 5.41) is 0.789. The van der Waals surface area contributed by atoms with Crippen molar-refractivity contribution in [2.45, 2.75) is 6.92 Å². The highest BCUT2D eigenvalue weighted by molar-refractivity contribution is 6.31. The number of anilines is 1. The van der Waals surface area contributed by atoms with Crippen molar-refractivity contribution in [3.8, 4) is 0 Å². The zero-order valence-electron chi connectivity index (χ0n) is 10.5. The van der Waals surface area contributed by atoms with Crippen molar-refractivity contribution in [1.29, 1.82) is 0 Å². The normalized spacial score (nSPS) is 15.7. The van der Waals surface area contributed by atoms with E-state index in [1.807, 2.05) is 24.0 Å². The number of hydrogen-bond acceptors (Lipinski definition) is 2. The first kappa shape index (κ1) is 13.0. The Labute approximate surface area is 113 Å². The molecule has 18 heavy (non-hydrogen) atoms. The van der Waals surface area contributed by atoms with Gasteiger partial charge in [0.25, 0.3) is 0 Å². The Kier molecular flexibility index (Phi) is 3.92. The largest absolute Gasteiger partial charge is 0.368 e. The van der Waals surface area contributed by atoms with Gasteiger partial charge < -0.3 is 9.80 Å². The maximum Gasteiger partial charge on any atom is 0.246 e. The number of benzene rings is 1. The summed E-state index contributed by atoms with van der Waals surface area (Å²) >= 11 is 6.13. The van der Waals surface area contributed by atoms with Crippen LogP contribution in [0, 0.1) is 6.92 Å². The first-order chi connectivity index (χ1) is 8.63. The molecule has 0 atom stereocenters. The molecule has 1 saturated heterocycles. The zero-order chi connectivity index (χ0) is 13.1. The van der Waals surface area contributed by atoms with Crippen LogP contribution < -0.4 is 4.90 Å². The summed E-state index contributed by atoms with van der Waals surface area (Å²) < 4.78 is 0. The number of carbonyl (C=O) groups excluding carboxylic acids is 1. The van der Waals surface area contributed by atoms with Gasteiger partial charge in [0.2, 0.25) is 5.91 Å². The summed E-state index contributed by atoms with van der Waals surface area (Å²) in [5.41, 5.74) is 2.26. The fourth-order valence-electron chi connectivity index (χ4n) is 2.24. The standard InChI is InChI=1S/C14H17ClN2O/c1-3-14(18)17-9-7-16(8-10-17)13-6-4-5-12(15)11(13)2/h3-6H,1,7-10H2,2H3. The highest BCUT2D eigenvalue weighted by Gasteiger charge is 2.20. The smallest absolute Gasteiger partial charge is 0.246 e. The van der Waals surface area contributed by atoms with Gasteiger partial charge in [-0.05, 0) is 30.7 Å². The second-order valence-electron chi connectivity index (χ2n) is 4.40. The highest BCUT2D eigenvalue weighted by Crippen LogP contribution is 2.27. The maximum absolute atomic E-state index is 11.5. The quantitative estimate of drug-likeness (QED) is 0.767. The van der Waals surface area contributed by atoms with E-state index in [0.717, 1.165) is 42.5 Å². The van der Waals surface area contributed by atoms with Gasteiger partial charge in [-0.1, -0.05) is 24.2 Å². The fourth-order valence-corrected chi connectivity index (χ4v) is 2.41. The molecule has 0 aliphatic carbocycles. The van der Waals surface area contributed by atoms with Gasteiger partial charge in [0.05, 0.1) is 0 Å². The second kappa shape index (κ2) is 5.44. The van der Waals surface area contributed by atoms with Gasteiger partial charge in [0.15, 0.2) is 0 Å². The molecule has 1 aromatic carbocycles. The zero-order valence-corrected chi connectivity index (χ0v) is 11.3. The van der Waals surface area contributed by atoms with E-state index in [-0.39, 0.29) is 5.91 Å². The summed E-state index contributed by atoms with van der Waals surface area (Å²) in [6, 6.07) is 5.94. The van der Waals surface area contributed by atoms with Gasteiger partial charge in [0.1, 0.15) is 0 Å². The third-order valence-corrected chi connectivity index (χ3v) is 3.76. The minimum absolute atomic E-state index is 0.0115. The fraction of sp³-hybridized carbons (Fsp3) is 0.357. The van der Waals surface area contributed by atoms with Crippen molar-refractivity contribution in [2.24, 2.45) is 0 Å². The molecule has 0 aromatic heterocycles. The molecule has 1 heterocycles. The van der Waals surface area contributed by atoms with Crippen molar-refractivity contribution < 1.29 is 4.79 Å². The van der Waals surface area contributed by atoms with E-state index in [1.165, 1.54) is 6.08 Å². The number of halogens is 1. The van der Waals surface area contributed by atoms with Crippen molar-refractivity contribution in [3.63, 3.8) is 0 Å². The van der Waals surface area contributed by atoms with Crippen LogP contribution >= 0.6 is 11.6 Å². The Bertz CT molecular complexity index is 465. The van der Waals surface area contributed by atoms with E-state index >= 15 is 0 Å². The topological polar surface area (TPSA) is 23.6 Å². The number of amides is 1. The molecule has 0 saturated carbocycles. The van der Waals surface area contributed by atoms with E-state index in [0.29, 0.717) is 0 Å². The minimum atomic E-state index is 0.0115. The van der Waals surface area contributed by atoms with Crippen LogP contribution in [0.3, 0.4) is 0 Å². The highest BCUT2D eigenvalue weighted by atomic mass is 35.5. The third-order valence-electron chi connectivity index (χ3n) is 3.35. The molecular formula is C14H17ClN2O. The molecule has 1 amide bonds. The number of rotatable bonds is 2. The Morgan fingerprint density at radius 1 is 1.33 bits per heavy atom. The number of piperazine rings is 1. The van der Waals surface area contributed by atoms with Crippen molar-refractivity contribution in [3.05, 3.63) is 41.4 Å². The first-order valence-corrected chi connectivity index (χ1v) is 6.42. The molecule has 1 fully saturated rings. The predicted octanol–water partition coefficient (Wildman–Crippen LogP) is 2.48. The molecule has 1 aliphatic heterocycles. The van der Waals surface area contributed by atoms with Crippen LogP contribution in [0.5, 0.6) is 0 Å². The van der Waals surface area contributed by atoms with Crippen LogP contribution in [-0.2, 0) is 4.79 Å². The average Bonchev–Trinajstić information content (AvgIpc) is 2.41. The SMILES string of the molecule is C=CC(=O)N1CCN(c2cccc(Cl)c2C)CC1. The molecule has 0 spiro atoms. The summed E-state index contributed by atoms with van der Waals surface area (Å²) in [4.78, 5) is 15.6. The first-order valence-electron chi connectivity index (χ1n) is 6.05. The summed E-state index contributed by atoms with van der Waals surface area (Å²) in [5.74, 6) is 0.0115. The van der Waals surface area contributed by atoms with Gasteiger partial charge in [-0.3, -0.25) is 4.79 Å². The second-order valence-corrected chi connectivity index (χ2v) is 4.81. The lowest BCUT2D eigenvalue weighted by atomic mass is 10.1. The number of hydrogen-bond donors (Lipinski definition) is 0. The maximum atomic E-state index is 11.5. The molecule has 1 aromatic rings. The summed E-state index contributed by atoms with van der Waals surface area (Å²) in [7, 11) is 0. The van der Waals surface area contributed by atoms with Crippen LogP contribution in [0.2, 0.25) is 5.02 Å². The Balaban J connectivity index is 2.08. The molecule has 0 radical (unpaired) electrons. The third kappa shape index (κ3) is 2.51. The molecule has 4 heteroatoms. The van der Waals surface area contributed by atoms with E-state index in [1.54, 1.807) is 0 Å². The summed E-state index contributed by atoms with van der Waals surface area (Å²) in [6.45, 7) is 8.68. The molecule has 0 unspecified atom stereocenters. The predicted molar refractivity (Wildman–Crippen MR) is 75.2 cm³/mol. The Morgan fingerprint density at radius 3 is 2.61 bits per heavy atom. The van der Waals surface area contributed by atoms with Crippen LogP contribution in [0.4, 0.5) is 5.69 Å². The van der Waals surface area contributed by atoms with E-state index < -0.39 is 0 Å². The van der Waals surface area contributed by atoms with Gasteiger partial charge in [-0.2, -0.15) is 0 Å². The number of carbonyl (C=O) groups is 1. The Hall–Kier alpha value is -1.48. The van der Waals surface area contributed by atoms with Gasteiger partial charge in [-0.25, -0.2) is 0 Å². The average molecular weight is 265 g/mol. The van der Waals surface area contributed by atoms with Gasteiger partial charge >= 0.3 is 0 Å². The molecule has 0 bridgehead atoms. The molecule has 1 aliphatic rings. The van der Waals surface area contributed by atoms with Crippen LogP contribution in [0.15, 0.2) is 30.9 Å². The monoisotopic (exact) mass is 264 g/mol.